The van der Waals surface area contributed by atoms with Crippen molar-refractivity contribution in [2.75, 3.05) is 6.54 Å². The molecule has 0 radical (unpaired) electrons. The summed E-state index contributed by atoms with van der Waals surface area (Å²) < 4.78 is 13.4. The lowest BCUT2D eigenvalue weighted by Crippen LogP contribution is -2.27. The van der Waals surface area contributed by atoms with Crippen LogP contribution < -0.4 is 5.32 Å². The van der Waals surface area contributed by atoms with Crippen molar-refractivity contribution >= 4 is 21.8 Å². The van der Waals surface area contributed by atoms with Crippen LogP contribution in [0.5, 0.6) is 0 Å². The second-order valence-corrected chi connectivity index (χ2v) is 7.19. The number of halogens is 2. The van der Waals surface area contributed by atoms with Gasteiger partial charge >= 0.3 is 0 Å². The van der Waals surface area contributed by atoms with Gasteiger partial charge in [-0.05, 0) is 50.9 Å². The summed E-state index contributed by atoms with van der Waals surface area (Å²) in [6, 6.07) is 4.30. The normalized spacial score (nSPS) is 20.1. The summed E-state index contributed by atoms with van der Waals surface area (Å²) in [6.07, 6.45) is 0. The number of nitrogens with one attached hydrogen (secondary N) is 1. The van der Waals surface area contributed by atoms with Crippen LogP contribution in [0.1, 0.15) is 38.1 Å². The zero-order valence-electron chi connectivity index (χ0n) is 11.7. The minimum absolute atomic E-state index is 0.154. The van der Waals surface area contributed by atoms with Crippen LogP contribution in [0.15, 0.2) is 22.7 Å². The molecule has 1 aliphatic rings. The molecule has 2 nitrogen and oxygen atoms in total. The van der Waals surface area contributed by atoms with E-state index in [1.54, 1.807) is 0 Å². The summed E-state index contributed by atoms with van der Waals surface area (Å²) in [5, 5.41) is 2.94. The third-order valence-electron chi connectivity index (χ3n) is 4.97. The summed E-state index contributed by atoms with van der Waals surface area (Å²) in [4.78, 5) is 12.0. The summed E-state index contributed by atoms with van der Waals surface area (Å²) in [5.41, 5.74) is 0.984. The monoisotopic (exact) mass is 327 g/mol. The first-order valence-corrected chi connectivity index (χ1v) is 7.20. The zero-order valence-corrected chi connectivity index (χ0v) is 13.3. The lowest BCUT2D eigenvalue weighted by Gasteiger charge is -2.07. The second-order valence-electron chi connectivity index (χ2n) is 6.33. The van der Waals surface area contributed by atoms with Gasteiger partial charge in [0.15, 0.2) is 0 Å². The van der Waals surface area contributed by atoms with Gasteiger partial charge in [-0.15, -0.1) is 0 Å². The molecule has 1 N–H and O–H groups in total. The predicted octanol–water partition coefficient (Wildman–Crippen LogP) is 4.00. The SMILES string of the molecule is CC1(C)C(CNC(=O)c2ccc(F)c(Br)c2)C1(C)C. The molecule has 0 saturated heterocycles. The largest absolute Gasteiger partial charge is 0.352 e. The van der Waals surface area contributed by atoms with E-state index in [0.29, 0.717) is 22.5 Å². The Bertz CT molecular complexity index is 511. The van der Waals surface area contributed by atoms with Crippen LogP contribution in [-0.4, -0.2) is 12.5 Å². The van der Waals surface area contributed by atoms with Crippen LogP contribution in [-0.2, 0) is 0 Å². The van der Waals surface area contributed by atoms with Gasteiger partial charge in [-0.25, -0.2) is 4.39 Å². The first-order valence-electron chi connectivity index (χ1n) is 6.41. The number of amides is 1. The van der Waals surface area contributed by atoms with Crippen LogP contribution in [0.25, 0.3) is 0 Å². The van der Waals surface area contributed by atoms with Gasteiger partial charge in [0.25, 0.3) is 5.91 Å². The van der Waals surface area contributed by atoms with Crippen molar-refractivity contribution in [2.45, 2.75) is 27.7 Å². The zero-order chi connectivity index (χ0) is 14.4. The van der Waals surface area contributed by atoms with E-state index in [1.807, 2.05) is 0 Å². The van der Waals surface area contributed by atoms with Crippen molar-refractivity contribution in [3.63, 3.8) is 0 Å². The molecule has 19 heavy (non-hydrogen) atoms. The molecule has 1 aliphatic carbocycles. The molecule has 0 atom stereocenters. The third kappa shape index (κ3) is 2.42. The Hall–Kier alpha value is -0.900. The molecular weight excluding hydrogens is 309 g/mol. The van der Waals surface area contributed by atoms with E-state index < -0.39 is 0 Å². The number of hydrogen-bond acceptors (Lipinski definition) is 1. The molecule has 2 rings (SSSR count). The molecule has 0 heterocycles. The highest BCUT2D eigenvalue weighted by molar-refractivity contribution is 9.10. The van der Waals surface area contributed by atoms with Crippen molar-refractivity contribution in [2.24, 2.45) is 16.7 Å². The molecular formula is C15H19BrFNO. The standard InChI is InChI=1S/C15H19BrFNO/c1-14(2)12(15(14,3)4)8-18-13(19)9-5-6-11(17)10(16)7-9/h5-7,12H,8H2,1-4H3,(H,18,19). The first kappa shape index (κ1) is 14.5. The molecule has 0 aliphatic heterocycles. The summed E-state index contributed by atoms with van der Waals surface area (Å²) in [6.45, 7) is 9.54. The molecule has 104 valence electrons. The molecule has 1 saturated carbocycles. The second kappa shape index (κ2) is 4.58. The fourth-order valence-corrected chi connectivity index (χ4v) is 3.16. The number of hydrogen-bond donors (Lipinski definition) is 1. The first-order chi connectivity index (χ1) is 8.68. The van der Waals surface area contributed by atoms with Crippen LogP contribution in [0, 0.1) is 22.6 Å². The van der Waals surface area contributed by atoms with E-state index in [1.165, 1.54) is 18.2 Å². The van der Waals surface area contributed by atoms with Gasteiger partial charge in [0.1, 0.15) is 5.82 Å². The number of carbonyl (C=O) groups excluding carboxylic acids is 1. The predicted molar refractivity (Wildman–Crippen MR) is 77.5 cm³/mol. The molecule has 0 unspecified atom stereocenters. The summed E-state index contributed by atoms with van der Waals surface area (Å²) >= 11 is 3.09. The topological polar surface area (TPSA) is 29.1 Å². The highest BCUT2D eigenvalue weighted by Crippen LogP contribution is 2.67. The number of rotatable bonds is 3. The van der Waals surface area contributed by atoms with Crippen molar-refractivity contribution in [1.82, 2.24) is 5.32 Å². The average Bonchev–Trinajstić information content (AvgIpc) is 2.70. The fourth-order valence-electron chi connectivity index (χ4n) is 2.78. The van der Waals surface area contributed by atoms with Crippen LogP contribution in [0.4, 0.5) is 4.39 Å². The Morgan fingerprint density at radius 3 is 2.37 bits per heavy atom. The molecule has 1 amide bonds. The Morgan fingerprint density at radius 1 is 1.32 bits per heavy atom. The maximum absolute atomic E-state index is 13.1. The molecule has 1 aromatic rings. The van der Waals surface area contributed by atoms with E-state index in [0.717, 1.165) is 0 Å². The van der Waals surface area contributed by atoms with Gasteiger partial charge in [-0.3, -0.25) is 4.79 Å². The van der Waals surface area contributed by atoms with E-state index in [2.05, 4.69) is 48.9 Å². The fraction of sp³-hybridized carbons (Fsp3) is 0.533. The van der Waals surface area contributed by atoms with Gasteiger partial charge < -0.3 is 5.32 Å². The van der Waals surface area contributed by atoms with Crippen LogP contribution >= 0.6 is 15.9 Å². The molecule has 4 heteroatoms. The van der Waals surface area contributed by atoms with Crippen LogP contribution in [0.3, 0.4) is 0 Å². The van der Waals surface area contributed by atoms with E-state index >= 15 is 0 Å². The maximum Gasteiger partial charge on any atom is 0.251 e. The minimum Gasteiger partial charge on any atom is -0.352 e. The molecule has 1 fully saturated rings. The Balaban J connectivity index is 1.98. The highest BCUT2D eigenvalue weighted by atomic mass is 79.9. The Kier molecular flexibility index (Phi) is 3.50. The van der Waals surface area contributed by atoms with E-state index in [-0.39, 0.29) is 22.6 Å². The van der Waals surface area contributed by atoms with Crippen molar-refractivity contribution in [3.05, 3.63) is 34.1 Å². The molecule has 0 spiro atoms. The van der Waals surface area contributed by atoms with E-state index in [9.17, 15) is 9.18 Å². The number of carbonyl (C=O) groups is 1. The molecule has 1 aromatic carbocycles. The number of benzene rings is 1. The van der Waals surface area contributed by atoms with Crippen molar-refractivity contribution in [1.29, 1.82) is 0 Å². The van der Waals surface area contributed by atoms with Gasteiger partial charge in [0.05, 0.1) is 4.47 Å². The minimum atomic E-state index is -0.360. The molecule has 0 bridgehead atoms. The molecule has 0 aromatic heterocycles. The van der Waals surface area contributed by atoms with Crippen molar-refractivity contribution < 1.29 is 9.18 Å². The van der Waals surface area contributed by atoms with Gasteiger partial charge in [-0.2, -0.15) is 0 Å². The lowest BCUT2D eigenvalue weighted by molar-refractivity contribution is 0.0950. The maximum atomic E-state index is 13.1. The van der Waals surface area contributed by atoms with E-state index in [4.69, 9.17) is 0 Å². The summed E-state index contributed by atoms with van der Waals surface area (Å²) in [7, 11) is 0. The van der Waals surface area contributed by atoms with Crippen molar-refractivity contribution in [3.8, 4) is 0 Å². The van der Waals surface area contributed by atoms with Gasteiger partial charge in [0, 0.05) is 12.1 Å². The van der Waals surface area contributed by atoms with Gasteiger partial charge in [-0.1, -0.05) is 27.7 Å². The Labute approximate surface area is 121 Å². The lowest BCUT2D eigenvalue weighted by atomic mass is 10.0. The Morgan fingerprint density at radius 2 is 1.89 bits per heavy atom. The average molecular weight is 328 g/mol. The highest BCUT2D eigenvalue weighted by Gasteiger charge is 2.64. The smallest absolute Gasteiger partial charge is 0.251 e. The third-order valence-corrected chi connectivity index (χ3v) is 5.58. The van der Waals surface area contributed by atoms with Gasteiger partial charge in [0.2, 0.25) is 0 Å². The quantitative estimate of drug-likeness (QED) is 0.893. The van der Waals surface area contributed by atoms with Crippen LogP contribution in [0.2, 0.25) is 0 Å². The summed E-state index contributed by atoms with van der Waals surface area (Å²) in [5.74, 6) is -0.0342.